The van der Waals surface area contributed by atoms with Crippen LogP contribution in [0.5, 0.6) is 0 Å². The third-order valence-electron chi connectivity index (χ3n) is 5.19. The molecule has 1 aromatic rings. The number of piperidine rings is 1. The van der Waals surface area contributed by atoms with Crippen molar-refractivity contribution in [2.45, 2.75) is 45.7 Å². The third-order valence-corrected chi connectivity index (χ3v) is 5.19. The van der Waals surface area contributed by atoms with E-state index < -0.39 is 0 Å². The van der Waals surface area contributed by atoms with Crippen molar-refractivity contribution < 1.29 is 4.79 Å². The van der Waals surface area contributed by atoms with Gasteiger partial charge in [-0.05, 0) is 50.4 Å². The molecule has 1 saturated heterocycles. The standard InChI is InChI=1S/C19H31N3O/c1-4-17(18(20)23)21(3)15-19(2)10-12-22(13-11-19)14-16-8-6-5-7-9-16/h5-9,17H,4,10-15H2,1-3H3,(H2,20,23)/t17-/m1/s1. The van der Waals surface area contributed by atoms with Crippen molar-refractivity contribution in [3.05, 3.63) is 35.9 Å². The van der Waals surface area contributed by atoms with Crippen LogP contribution in [-0.4, -0.2) is 48.4 Å². The average Bonchev–Trinajstić information content (AvgIpc) is 2.51. The van der Waals surface area contributed by atoms with Gasteiger partial charge in [0.05, 0.1) is 6.04 Å². The molecule has 4 nitrogen and oxygen atoms in total. The molecule has 0 aliphatic carbocycles. The highest BCUT2D eigenvalue weighted by Crippen LogP contribution is 2.32. The van der Waals surface area contributed by atoms with Gasteiger partial charge < -0.3 is 5.73 Å². The molecule has 1 amide bonds. The van der Waals surface area contributed by atoms with Crippen molar-refractivity contribution in [3.8, 4) is 0 Å². The fraction of sp³-hybridized carbons (Fsp3) is 0.632. The number of carbonyl (C=O) groups excluding carboxylic acids is 1. The summed E-state index contributed by atoms with van der Waals surface area (Å²) in [5.41, 5.74) is 7.17. The van der Waals surface area contributed by atoms with E-state index in [9.17, 15) is 4.79 Å². The average molecular weight is 317 g/mol. The molecule has 2 rings (SSSR count). The van der Waals surface area contributed by atoms with Gasteiger partial charge in [0, 0.05) is 13.1 Å². The van der Waals surface area contributed by atoms with Gasteiger partial charge in [0.2, 0.25) is 5.91 Å². The summed E-state index contributed by atoms with van der Waals surface area (Å²) in [4.78, 5) is 16.2. The lowest BCUT2D eigenvalue weighted by Gasteiger charge is -2.42. The maximum atomic E-state index is 11.5. The highest BCUT2D eigenvalue weighted by Gasteiger charge is 2.33. The van der Waals surface area contributed by atoms with Crippen molar-refractivity contribution in [2.75, 3.05) is 26.7 Å². The summed E-state index contributed by atoms with van der Waals surface area (Å²) in [6.45, 7) is 8.58. The Bertz CT molecular complexity index is 495. The van der Waals surface area contributed by atoms with Crippen molar-refractivity contribution in [1.29, 1.82) is 0 Å². The lowest BCUT2D eigenvalue weighted by molar-refractivity contribution is -0.123. The second kappa shape index (κ2) is 7.93. The van der Waals surface area contributed by atoms with Crippen LogP contribution in [0.2, 0.25) is 0 Å². The molecule has 1 aromatic carbocycles. The Morgan fingerprint density at radius 1 is 1.30 bits per heavy atom. The first-order valence-corrected chi connectivity index (χ1v) is 8.69. The predicted octanol–water partition coefficient (Wildman–Crippen LogP) is 2.48. The molecule has 0 aromatic heterocycles. The number of benzene rings is 1. The van der Waals surface area contributed by atoms with Crippen LogP contribution in [-0.2, 0) is 11.3 Å². The molecular formula is C19H31N3O. The topological polar surface area (TPSA) is 49.6 Å². The Labute approximate surface area is 140 Å². The van der Waals surface area contributed by atoms with Gasteiger partial charge in [0.15, 0.2) is 0 Å². The molecule has 0 saturated carbocycles. The minimum atomic E-state index is -0.208. The quantitative estimate of drug-likeness (QED) is 0.840. The van der Waals surface area contributed by atoms with Crippen molar-refractivity contribution in [2.24, 2.45) is 11.1 Å². The predicted molar refractivity (Wildman–Crippen MR) is 95.0 cm³/mol. The first kappa shape index (κ1) is 18.0. The van der Waals surface area contributed by atoms with E-state index in [2.05, 4.69) is 47.1 Å². The van der Waals surface area contributed by atoms with E-state index in [1.165, 1.54) is 18.4 Å². The Kier molecular flexibility index (Phi) is 6.19. The molecule has 1 aliphatic rings. The first-order chi connectivity index (χ1) is 10.9. The highest BCUT2D eigenvalue weighted by atomic mass is 16.1. The first-order valence-electron chi connectivity index (χ1n) is 8.69. The highest BCUT2D eigenvalue weighted by molar-refractivity contribution is 5.79. The normalized spacial score (nSPS) is 19.7. The van der Waals surface area contributed by atoms with Gasteiger partial charge in [-0.2, -0.15) is 0 Å². The Morgan fingerprint density at radius 2 is 1.91 bits per heavy atom. The zero-order valence-corrected chi connectivity index (χ0v) is 14.8. The molecule has 0 radical (unpaired) electrons. The molecule has 0 unspecified atom stereocenters. The number of hydrogen-bond acceptors (Lipinski definition) is 3. The molecule has 1 heterocycles. The van der Waals surface area contributed by atoms with E-state index in [1.807, 2.05) is 14.0 Å². The summed E-state index contributed by atoms with van der Waals surface area (Å²) >= 11 is 0. The molecule has 0 spiro atoms. The van der Waals surface area contributed by atoms with Crippen molar-refractivity contribution in [1.82, 2.24) is 9.80 Å². The summed E-state index contributed by atoms with van der Waals surface area (Å²) in [6.07, 6.45) is 3.11. The second-order valence-corrected chi connectivity index (χ2v) is 7.31. The molecule has 0 bridgehead atoms. The molecule has 23 heavy (non-hydrogen) atoms. The maximum absolute atomic E-state index is 11.5. The van der Waals surface area contributed by atoms with E-state index in [-0.39, 0.29) is 17.4 Å². The van der Waals surface area contributed by atoms with Gasteiger partial charge in [0.25, 0.3) is 0 Å². The summed E-state index contributed by atoms with van der Waals surface area (Å²) in [5, 5.41) is 0. The lowest BCUT2D eigenvalue weighted by atomic mass is 9.79. The van der Waals surface area contributed by atoms with Crippen LogP contribution < -0.4 is 5.73 Å². The van der Waals surface area contributed by atoms with Gasteiger partial charge in [-0.15, -0.1) is 0 Å². The third kappa shape index (κ3) is 5.05. The molecule has 1 aliphatic heterocycles. The maximum Gasteiger partial charge on any atom is 0.234 e. The van der Waals surface area contributed by atoms with Crippen LogP contribution in [0.1, 0.15) is 38.7 Å². The molecular weight excluding hydrogens is 286 g/mol. The number of carbonyl (C=O) groups is 1. The van der Waals surface area contributed by atoms with Crippen LogP contribution in [0.25, 0.3) is 0 Å². The molecule has 1 atom stereocenters. The Balaban J connectivity index is 1.85. The van der Waals surface area contributed by atoms with E-state index >= 15 is 0 Å². The second-order valence-electron chi connectivity index (χ2n) is 7.31. The summed E-state index contributed by atoms with van der Waals surface area (Å²) in [7, 11) is 2.03. The number of amides is 1. The van der Waals surface area contributed by atoms with Crippen LogP contribution in [0.4, 0.5) is 0 Å². The minimum absolute atomic E-state index is 0.144. The zero-order chi connectivity index (χ0) is 16.9. The van der Waals surface area contributed by atoms with E-state index in [4.69, 9.17) is 5.73 Å². The number of likely N-dealkylation sites (tertiary alicyclic amines) is 1. The SMILES string of the molecule is CC[C@H](C(N)=O)N(C)CC1(C)CCN(Cc2ccccc2)CC1. The van der Waals surface area contributed by atoms with Gasteiger partial charge in [-0.1, -0.05) is 44.2 Å². The largest absolute Gasteiger partial charge is 0.368 e. The number of rotatable bonds is 7. The lowest BCUT2D eigenvalue weighted by Crippen LogP contribution is -2.49. The zero-order valence-electron chi connectivity index (χ0n) is 14.8. The van der Waals surface area contributed by atoms with E-state index in [0.29, 0.717) is 0 Å². The van der Waals surface area contributed by atoms with Crippen LogP contribution >= 0.6 is 0 Å². The minimum Gasteiger partial charge on any atom is -0.368 e. The molecule has 2 N–H and O–H groups in total. The van der Waals surface area contributed by atoms with Crippen LogP contribution in [0.15, 0.2) is 30.3 Å². The van der Waals surface area contributed by atoms with Crippen molar-refractivity contribution >= 4 is 5.91 Å². The van der Waals surface area contributed by atoms with Crippen LogP contribution in [0.3, 0.4) is 0 Å². The fourth-order valence-electron chi connectivity index (χ4n) is 3.69. The number of likely N-dealkylation sites (N-methyl/N-ethyl adjacent to an activating group) is 1. The fourth-order valence-corrected chi connectivity index (χ4v) is 3.69. The van der Waals surface area contributed by atoms with E-state index in [1.54, 1.807) is 0 Å². The summed E-state index contributed by atoms with van der Waals surface area (Å²) in [6, 6.07) is 10.5. The molecule has 4 heteroatoms. The number of hydrogen-bond donors (Lipinski definition) is 1. The monoisotopic (exact) mass is 317 g/mol. The van der Waals surface area contributed by atoms with E-state index in [0.717, 1.165) is 32.6 Å². The van der Waals surface area contributed by atoms with Gasteiger partial charge in [0.1, 0.15) is 0 Å². The molecule has 1 fully saturated rings. The van der Waals surface area contributed by atoms with Crippen LogP contribution in [0, 0.1) is 5.41 Å². The van der Waals surface area contributed by atoms with Gasteiger partial charge in [-0.25, -0.2) is 0 Å². The van der Waals surface area contributed by atoms with Gasteiger partial charge >= 0.3 is 0 Å². The molecule has 128 valence electrons. The summed E-state index contributed by atoms with van der Waals surface area (Å²) in [5.74, 6) is -0.208. The Morgan fingerprint density at radius 3 is 2.43 bits per heavy atom. The Hall–Kier alpha value is -1.39. The summed E-state index contributed by atoms with van der Waals surface area (Å²) < 4.78 is 0. The van der Waals surface area contributed by atoms with Crippen molar-refractivity contribution in [3.63, 3.8) is 0 Å². The smallest absolute Gasteiger partial charge is 0.234 e. The number of nitrogens with two attached hydrogens (primary N) is 1. The van der Waals surface area contributed by atoms with Gasteiger partial charge in [-0.3, -0.25) is 14.6 Å². The number of nitrogens with zero attached hydrogens (tertiary/aromatic N) is 2. The number of primary amides is 1.